The lowest BCUT2D eigenvalue weighted by Gasteiger charge is -2.31. The van der Waals surface area contributed by atoms with Crippen LogP contribution in [0.15, 0.2) is 43.0 Å². The Balaban J connectivity index is 0.000000399. The lowest BCUT2D eigenvalue weighted by Crippen LogP contribution is -2.32. The molecule has 1 aliphatic carbocycles. The first kappa shape index (κ1) is 16.3. The smallest absolute Gasteiger partial charge is 0.0401 e. The van der Waals surface area contributed by atoms with Crippen LogP contribution in [-0.2, 0) is 6.54 Å². The molecule has 2 heteroatoms. The van der Waals surface area contributed by atoms with Crippen LogP contribution in [0.25, 0.3) is 0 Å². The average molecular weight is 280 g/mol. The summed E-state index contributed by atoms with van der Waals surface area (Å²) in [6.45, 7) is 4.45. The molecule has 0 saturated heterocycles. The van der Waals surface area contributed by atoms with E-state index in [4.69, 9.17) is 11.6 Å². The molecule has 1 nitrogen and oxygen atoms in total. The highest BCUT2D eigenvalue weighted by atomic mass is 35.5. The summed E-state index contributed by atoms with van der Waals surface area (Å²) in [6, 6.07) is 11.6. The SMILES string of the molecule is C=CCCl.CN(Cc1ccccc1)C1CCCCC1. The van der Waals surface area contributed by atoms with Crippen LogP contribution in [0.2, 0.25) is 0 Å². The van der Waals surface area contributed by atoms with Crippen molar-refractivity contribution < 1.29 is 0 Å². The van der Waals surface area contributed by atoms with Crippen LogP contribution in [0.4, 0.5) is 0 Å². The van der Waals surface area contributed by atoms with E-state index in [1.54, 1.807) is 6.08 Å². The standard InChI is InChI=1S/C14H21N.C3H5Cl/c1-15(14-10-6-3-7-11-14)12-13-8-4-2-5-9-13;1-2-3-4/h2,4-5,8-9,14H,3,6-7,10-12H2,1H3;2H,1,3H2. The first-order valence-corrected chi connectivity index (χ1v) is 7.72. The van der Waals surface area contributed by atoms with Crippen LogP contribution in [0.5, 0.6) is 0 Å². The maximum atomic E-state index is 5.07. The van der Waals surface area contributed by atoms with E-state index in [1.165, 1.54) is 37.7 Å². The molecule has 0 radical (unpaired) electrons. The van der Waals surface area contributed by atoms with Crippen LogP contribution in [0.3, 0.4) is 0 Å². The topological polar surface area (TPSA) is 3.24 Å². The first-order chi connectivity index (χ1) is 9.27. The second kappa shape index (κ2) is 10.1. The highest BCUT2D eigenvalue weighted by Gasteiger charge is 2.17. The Labute approximate surface area is 123 Å². The largest absolute Gasteiger partial charge is 0.299 e. The Morgan fingerprint density at radius 1 is 1.21 bits per heavy atom. The number of allylic oxidation sites excluding steroid dienone is 1. The van der Waals surface area contributed by atoms with Gasteiger partial charge < -0.3 is 0 Å². The third-order valence-corrected chi connectivity index (χ3v) is 3.80. The van der Waals surface area contributed by atoms with E-state index in [0.29, 0.717) is 5.88 Å². The predicted molar refractivity (Wildman–Crippen MR) is 85.7 cm³/mol. The summed E-state index contributed by atoms with van der Waals surface area (Å²) < 4.78 is 0. The quantitative estimate of drug-likeness (QED) is 0.562. The fourth-order valence-electron chi connectivity index (χ4n) is 2.52. The monoisotopic (exact) mass is 279 g/mol. The number of alkyl halides is 1. The molecule has 1 aromatic rings. The third kappa shape index (κ3) is 6.79. The van der Waals surface area contributed by atoms with Gasteiger partial charge in [-0.05, 0) is 25.5 Å². The maximum Gasteiger partial charge on any atom is 0.0401 e. The number of hydrogen-bond donors (Lipinski definition) is 0. The zero-order valence-corrected chi connectivity index (χ0v) is 12.8. The molecule has 0 heterocycles. The van der Waals surface area contributed by atoms with Gasteiger partial charge in [-0.1, -0.05) is 55.7 Å². The van der Waals surface area contributed by atoms with Crippen LogP contribution < -0.4 is 0 Å². The summed E-state index contributed by atoms with van der Waals surface area (Å²) in [5.41, 5.74) is 1.44. The normalized spacial score (nSPS) is 15.7. The molecule has 0 aliphatic heterocycles. The molecule has 0 N–H and O–H groups in total. The van der Waals surface area contributed by atoms with Crippen LogP contribution >= 0.6 is 11.6 Å². The van der Waals surface area contributed by atoms with Crippen molar-refractivity contribution in [3.63, 3.8) is 0 Å². The van der Waals surface area contributed by atoms with E-state index in [0.717, 1.165) is 12.6 Å². The Morgan fingerprint density at radius 3 is 2.32 bits per heavy atom. The van der Waals surface area contributed by atoms with Crippen molar-refractivity contribution in [2.24, 2.45) is 0 Å². The van der Waals surface area contributed by atoms with E-state index in [2.05, 4.69) is 48.9 Å². The molecule has 0 unspecified atom stereocenters. The van der Waals surface area contributed by atoms with Gasteiger partial charge in [0.15, 0.2) is 0 Å². The highest BCUT2D eigenvalue weighted by molar-refractivity contribution is 6.18. The molecular formula is C17H26ClN. The van der Waals surface area contributed by atoms with Gasteiger partial charge in [-0.15, -0.1) is 18.2 Å². The van der Waals surface area contributed by atoms with E-state index >= 15 is 0 Å². The van der Waals surface area contributed by atoms with Gasteiger partial charge in [0.2, 0.25) is 0 Å². The number of rotatable bonds is 4. The minimum Gasteiger partial charge on any atom is -0.299 e. The molecule has 1 fully saturated rings. The minimum atomic E-state index is 0.556. The molecule has 0 atom stereocenters. The van der Waals surface area contributed by atoms with Gasteiger partial charge in [0.1, 0.15) is 0 Å². The van der Waals surface area contributed by atoms with Crippen molar-refractivity contribution in [1.29, 1.82) is 0 Å². The molecular weight excluding hydrogens is 254 g/mol. The van der Waals surface area contributed by atoms with E-state index in [1.807, 2.05) is 0 Å². The van der Waals surface area contributed by atoms with Gasteiger partial charge in [0.05, 0.1) is 0 Å². The Morgan fingerprint density at radius 2 is 1.79 bits per heavy atom. The van der Waals surface area contributed by atoms with Gasteiger partial charge in [-0.2, -0.15) is 0 Å². The average Bonchev–Trinajstić information content (AvgIpc) is 2.49. The molecule has 0 spiro atoms. The first-order valence-electron chi connectivity index (χ1n) is 7.19. The van der Waals surface area contributed by atoms with Gasteiger partial charge in [-0.25, -0.2) is 0 Å². The van der Waals surface area contributed by atoms with Gasteiger partial charge >= 0.3 is 0 Å². The van der Waals surface area contributed by atoms with Crippen molar-refractivity contribution in [3.05, 3.63) is 48.6 Å². The molecule has 0 bridgehead atoms. The lowest BCUT2D eigenvalue weighted by atomic mass is 9.94. The second-order valence-corrected chi connectivity index (χ2v) is 5.44. The van der Waals surface area contributed by atoms with Crippen LogP contribution in [-0.4, -0.2) is 23.9 Å². The molecule has 0 amide bonds. The second-order valence-electron chi connectivity index (χ2n) is 5.14. The zero-order chi connectivity index (χ0) is 13.9. The maximum absolute atomic E-state index is 5.07. The van der Waals surface area contributed by atoms with Crippen molar-refractivity contribution >= 4 is 11.6 Å². The summed E-state index contributed by atoms with van der Waals surface area (Å²) in [5, 5.41) is 0. The van der Waals surface area contributed by atoms with E-state index in [-0.39, 0.29) is 0 Å². The summed E-state index contributed by atoms with van der Waals surface area (Å²) in [5.74, 6) is 0.556. The lowest BCUT2D eigenvalue weighted by molar-refractivity contribution is 0.184. The van der Waals surface area contributed by atoms with Crippen LogP contribution in [0, 0.1) is 0 Å². The summed E-state index contributed by atoms with van der Waals surface area (Å²) in [4.78, 5) is 2.52. The number of benzene rings is 1. The van der Waals surface area contributed by atoms with E-state index < -0.39 is 0 Å². The molecule has 1 aliphatic rings. The number of hydrogen-bond acceptors (Lipinski definition) is 1. The summed E-state index contributed by atoms with van der Waals surface area (Å²) >= 11 is 5.07. The Hall–Kier alpha value is -0.790. The number of halogens is 1. The highest BCUT2D eigenvalue weighted by Crippen LogP contribution is 2.22. The van der Waals surface area contributed by atoms with Gasteiger partial charge in [-0.3, -0.25) is 4.90 Å². The van der Waals surface area contributed by atoms with Crippen molar-refractivity contribution in [1.82, 2.24) is 4.90 Å². The third-order valence-electron chi connectivity index (χ3n) is 3.58. The Kier molecular flexibility index (Phi) is 8.61. The molecule has 19 heavy (non-hydrogen) atoms. The molecule has 1 saturated carbocycles. The number of nitrogens with zero attached hydrogens (tertiary/aromatic N) is 1. The van der Waals surface area contributed by atoms with E-state index in [9.17, 15) is 0 Å². The van der Waals surface area contributed by atoms with Crippen molar-refractivity contribution in [2.75, 3.05) is 12.9 Å². The molecule has 106 valence electrons. The fourth-order valence-corrected chi connectivity index (χ4v) is 2.52. The van der Waals surface area contributed by atoms with Crippen LogP contribution in [0.1, 0.15) is 37.7 Å². The van der Waals surface area contributed by atoms with Crippen molar-refractivity contribution in [3.8, 4) is 0 Å². The summed E-state index contributed by atoms with van der Waals surface area (Å²) in [6.07, 6.45) is 8.71. The van der Waals surface area contributed by atoms with Crippen molar-refractivity contribution in [2.45, 2.75) is 44.7 Å². The zero-order valence-electron chi connectivity index (χ0n) is 12.0. The minimum absolute atomic E-state index is 0.556. The molecule has 2 rings (SSSR count). The fraction of sp³-hybridized carbons (Fsp3) is 0.529. The molecule has 1 aromatic carbocycles. The van der Waals surface area contributed by atoms with Gasteiger partial charge in [0, 0.05) is 18.5 Å². The summed E-state index contributed by atoms with van der Waals surface area (Å²) in [7, 11) is 2.27. The predicted octanol–water partition coefficient (Wildman–Crippen LogP) is 4.86. The molecule has 0 aromatic heterocycles. The Bertz CT molecular complexity index is 330. The van der Waals surface area contributed by atoms with Gasteiger partial charge in [0.25, 0.3) is 0 Å².